The van der Waals surface area contributed by atoms with Gasteiger partial charge in [0.25, 0.3) is 5.91 Å². The molecular weight excluding hydrogens is 476 g/mol. The molecule has 2 aromatic carbocycles. The van der Waals surface area contributed by atoms with E-state index in [2.05, 4.69) is 11.6 Å². The van der Waals surface area contributed by atoms with Crippen LogP contribution in [-0.4, -0.2) is 23.3 Å². The number of thiazole rings is 1. The molecule has 3 heterocycles. The van der Waals surface area contributed by atoms with Gasteiger partial charge in [-0.15, -0.1) is 0 Å². The Morgan fingerprint density at radius 3 is 2.64 bits per heavy atom. The van der Waals surface area contributed by atoms with Gasteiger partial charge < -0.3 is 9.15 Å². The van der Waals surface area contributed by atoms with Crippen molar-refractivity contribution in [2.45, 2.75) is 33.7 Å². The summed E-state index contributed by atoms with van der Waals surface area (Å²) in [4.78, 5) is 46.3. The maximum atomic E-state index is 13.9. The zero-order valence-corrected chi connectivity index (χ0v) is 21.2. The van der Waals surface area contributed by atoms with Crippen LogP contribution in [0.4, 0.5) is 5.13 Å². The van der Waals surface area contributed by atoms with E-state index < -0.39 is 11.9 Å². The second-order valence-electron chi connectivity index (χ2n) is 8.82. The van der Waals surface area contributed by atoms with Crippen LogP contribution >= 0.6 is 11.3 Å². The molecule has 7 nitrogen and oxygen atoms in total. The lowest BCUT2D eigenvalue weighted by atomic mass is 9.97. The van der Waals surface area contributed by atoms with Gasteiger partial charge in [0.05, 0.1) is 27.6 Å². The van der Waals surface area contributed by atoms with Gasteiger partial charge in [-0.2, -0.15) is 0 Å². The summed E-state index contributed by atoms with van der Waals surface area (Å²) in [6.45, 7) is 11.0. The Morgan fingerprint density at radius 1 is 1.19 bits per heavy atom. The first-order chi connectivity index (χ1) is 17.2. The fourth-order valence-corrected chi connectivity index (χ4v) is 5.47. The molecule has 1 amide bonds. The summed E-state index contributed by atoms with van der Waals surface area (Å²) in [6, 6.07) is 10.0. The summed E-state index contributed by atoms with van der Waals surface area (Å²) in [5, 5.41) is 0.739. The molecule has 36 heavy (non-hydrogen) atoms. The number of aryl methyl sites for hydroxylation is 3. The van der Waals surface area contributed by atoms with Gasteiger partial charge in [-0.25, -0.2) is 4.98 Å². The highest BCUT2D eigenvalue weighted by atomic mass is 32.1. The maximum absolute atomic E-state index is 13.9. The first kappa shape index (κ1) is 23.7. The van der Waals surface area contributed by atoms with Crippen LogP contribution < -0.4 is 15.1 Å². The molecule has 1 aliphatic rings. The quantitative estimate of drug-likeness (QED) is 0.250. The number of ketones is 1. The monoisotopic (exact) mass is 500 g/mol. The number of nitrogens with zero attached hydrogens (tertiary/aromatic N) is 2. The molecule has 8 heteroatoms. The van der Waals surface area contributed by atoms with Crippen LogP contribution in [-0.2, 0) is 0 Å². The molecule has 0 saturated heterocycles. The van der Waals surface area contributed by atoms with E-state index in [9.17, 15) is 14.4 Å². The summed E-state index contributed by atoms with van der Waals surface area (Å²) in [6.07, 6.45) is 1.64. The van der Waals surface area contributed by atoms with Gasteiger partial charge in [-0.05, 0) is 61.7 Å². The number of rotatable bonds is 6. The standard InChI is InChI=1S/C28H24N2O5S/c1-6-10-34-19-9-7-8-18(13-19)23-22-24(32)20-11-14(2)15(3)12-21(20)35-25(22)27(33)30(23)28-29-16(4)26(36-28)17(5)31/h6-9,11-13,23H,1,10H2,2-5H3. The fourth-order valence-electron chi connectivity index (χ4n) is 4.48. The van der Waals surface area contributed by atoms with Crippen LogP contribution in [0.15, 0.2) is 58.3 Å². The van der Waals surface area contributed by atoms with E-state index in [1.54, 1.807) is 43.3 Å². The van der Waals surface area contributed by atoms with Crippen LogP contribution in [0.1, 0.15) is 61.1 Å². The van der Waals surface area contributed by atoms with E-state index in [1.165, 1.54) is 11.8 Å². The molecule has 5 rings (SSSR count). The molecule has 0 aliphatic carbocycles. The molecule has 0 bridgehead atoms. The average Bonchev–Trinajstić information content (AvgIpc) is 3.37. The highest BCUT2D eigenvalue weighted by Crippen LogP contribution is 2.43. The number of hydrogen-bond acceptors (Lipinski definition) is 7. The average molecular weight is 501 g/mol. The lowest BCUT2D eigenvalue weighted by Crippen LogP contribution is -2.29. The number of carbonyl (C=O) groups excluding carboxylic acids is 2. The number of hydrogen-bond donors (Lipinski definition) is 0. The van der Waals surface area contributed by atoms with E-state index in [0.717, 1.165) is 22.5 Å². The Hall–Kier alpha value is -4.04. The molecule has 4 aromatic rings. The Bertz CT molecular complexity index is 1630. The van der Waals surface area contributed by atoms with Crippen molar-refractivity contribution in [3.05, 3.63) is 97.9 Å². The highest BCUT2D eigenvalue weighted by molar-refractivity contribution is 7.17. The molecule has 0 N–H and O–H groups in total. The molecule has 1 unspecified atom stereocenters. The lowest BCUT2D eigenvalue weighted by Gasteiger charge is -2.23. The first-order valence-electron chi connectivity index (χ1n) is 11.4. The van der Waals surface area contributed by atoms with Crippen molar-refractivity contribution in [1.29, 1.82) is 0 Å². The maximum Gasteiger partial charge on any atom is 0.297 e. The van der Waals surface area contributed by atoms with Crippen molar-refractivity contribution in [1.82, 2.24) is 4.98 Å². The topological polar surface area (TPSA) is 89.7 Å². The second kappa shape index (κ2) is 8.87. The van der Waals surface area contributed by atoms with Gasteiger partial charge in [0.1, 0.15) is 17.9 Å². The minimum absolute atomic E-state index is 0.0182. The summed E-state index contributed by atoms with van der Waals surface area (Å²) < 4.78 is 11.8. The van der Waals surface area contributed by atoms with Crippen molar-refractivity contribution < 1.29 is 18.7 Å². The molecule has 0 saturated carbocycles. The van der Waals surface area contributed by atoms with Gasteiger partial charge in [0.15, 0.2) is 16.3 Å². The Balaban J connectivity index is 1.78. The van der Waals surface area contributed by atoms with E-state index in [4.69, 9.17) is 9.15 Å². The zero-order valence-electron chi connectivity index (χ0n) is 20.4. The number of carbonyl (C=O) groups is 2. The van der Waals surface area contributed by atoms with Crippen LogP contribution in [0.25, 0.3) is 11.0 Å². The third kappa shape index (κ3) is 3.74. The zero-order chi connectivity index (χ0) is 25.7. The molecule has 0 fully saturated rings. The van der Waals surface area contributed by atoms with Crippen LogP contribution in [0, 0.1) is 20.8 Å². The Labute approximate surface area is 211 Å². The predicted octanol–water partition coefficient (Wildman–Crippen LogP) is 5.69. The minimum Gasteiger partial charge on any atom is -0.490 e. The van der Waals surface area contributed by atoms with Crippen LogP contribution in [0.2, 0.25) is 0 Å². The van der Waals surface area contributed by atoms with Gasteiger partial charge in [-0.3, -0.25) is 19.3 Å². The van der Waals surface area contributed by atoms with Gasteiger partial charge in [0.2, 0.25) is 5.76 Å². The van der Waals surface area contributed by atoms with Crippen LogP contribution in [0.3, 0.4) is 0 Å². The highest BCUT2D eigenvalue weighted by Gasteiger charge is 2.45. The normalized spacial score (nSPS) is 14.8. The van der Waals surface area contributed by atoms with Crippen molar-refractivity contribution in [2.24, 2.45) is 0 Å². The second-order valence-corrected chi connectivity index (χ2v) is 9.80. The fraction of sp³-hybridized carbons (Fsp3) is 0.214. The molecule has 0 radical (unpaired) electrons. The van der Waals surface area contributed by atoms with E-state index >= 15 is 0 Å². The molecule has 1 aliphatic heterocycles. The third-order valence-electron chi connectivity index (χ3n) is 6.34. The number of anilines is 1. The van der Waals surface area contributed by atoms with Crippen molar-refractivity contribution in [2.75, 3.05) is 11.5 Å². The van der Waals surface area contributed by atoms with Gasteiger partial charge in [-0.1, -0.05) is 36.1 Å². The van der Waals surface area contributed by atoms with Gasteiger partial charge >= 0.3 is 0 Å². The lowest BCUT2D eigenvalue weighted by molar-refractivity contribution is 0.0969. The van der Waals surface area contributed by atoms with E-state index in [-0.39, 0.29) is 22.5 Å². The number of aromatic nitrogens is 1. The van der Waals surface area contributed by atoms with Crippen molar-refractivity contribution >= 4 is 39.1 Å². The molecule has 2 aromatic heterocycles. The predicted molar refractivity (Wildman–Crippen MR) is 140 cm³/mol. The smallest absolute Gasteiger partial charge is 0.297 e. The van der Waals surface area contributed by atoms with Crippen molar-refractivity contribution in [3.8, 4) is 5.75 Å². The molecule has 0 spiro atoms. The summed E-state index contributed by atoms with van der Waals surface area (Å²) in [5.74, 6) is -0.0591. The molecule has 1 atom stereocenters. The minimum atomic E-state index is -0.799. The van der Waals surface area contributed by atoms with Gasteiger partial charge in [0, 0.05) is 6.92 Å². The van der Waals surface area contributed by atoms with Crippen LogP contribution in [0.5, 0.6) is 5.75 Å². The molecule has 182 valence electrons. The Morgan fingerprint density at radius 2 is 1.94 bits per heavy atom. The number of ether oxygens (including phenoxy) is 1. The van der Waals surface area contributed by atoms with E-state index in [0.29, 0.717) is 44.6 Å². The molecular formula is C28H24N2O5S. The summed E-state index contributed by atoms with van der Waals surface area (Å²) in [5.41, 5.74) is 3.44. The number of Topliss-reactive ketones (excluding diaryl/α,β-unsaturated/α-hetero) is 1. The summed E-state index contributed by atoms with van der Waals surface area (Å²) in [7, 11) is 0. The number of amides is 1. The van der Waals surface area contributed by atoms with Crippen molar-refractivity contribution in [3.63, 3.8) is 0 Å². The number of benzene rings is 2. The first-order valence-corrected chi connectivity index (χ1v) is 12.3. The largest absolute Gasteiger partial charge is 0.490 e. The third-order valence-corrected chi connectivity index (χ3v) is 7.60. The summed E-state index contributed by atoms with van der Waals surface area (Å²) >= 11 is 1.13. The van der Waals surface area contributed by atoms with E-state index in [1.807, 2.05) is 19.9 Å². The SMILES string of the molecule is C=CCOc1cccc(C2c3c(oc4cc(C)c(C)cc4c3=O)C(=O)N2c2nc(C)c(C(C)=O)s2)c1. The Kier molecular flexibility index (Phi) is 5.84. The number of fused-ring (bicyclic) bond motifs is 2.